The van der Waals surface area contributed by atoms with Crippen molar-refractivity contribution in [3.8, 4) is 0 Å². The third-order valence-corrected chi connectivity index (χ3v) is 3.86. The summed E-state index contributed by atoms with van der Waals surface area (Å²) in [4.78, 5) is 13.6. The Hall–Kier alpha value is -1.43. The predicted molar refractivity (Wildman–Crippen MR) is 78.2 cm³/mol. The number of rotatable bonds is 5. The summed E-state index contributed by atoms with van der Waals surface area (Å²) in [6.07, 6.45) is -0.000255. The molecule has 1 saturated heterocycles. The molecule has 0 spiro atoms. The molecule has 0 bridgehead atoms. The van der Waals surface area contributed by atoms with Gasteiger partial charge in [-0.2, -0.15) is 0 Å². The van der Waals surface area contributed by atoms with E-state index >= 15 is 0 Å². The lowest BCUT2D eigenvalue weighted by atomic mass is 10.0. The predicted octanol–water partition coefficient (Wildman–Crippen LogP) is -0.262. The number of aliphatic hydroxyl groups is 1. The van der Waals surface area contributed by atoms with Crippen molar-refractivity contribution in [1.29, 1.82) is 0 Å². The van der Waals surface area contributed by atoms with E-state index in [4.69, 9.17) is 5.73 Å². The van der Waals surface area contributed by atoms with Gasteiger partial charge in [0.05, 0.1) is 12.1 Å². The van der Waals surface area contributed by atoms with Gasteiger partial charge in [-0.05, 0) is 18.9 Å². The van der Waals surface area contributed by atoms with E-state index in [-0.39, 0.29) is 18.0 Å². The lowest BCUT2D eigenvalue weighted by Crippen LogP contribution is -2.57. The van der Waals surface area contributed by atoms with Gasteiger partial charge in [0, 0.05) is 25.7 Å². The Morgan fingerprint density at radius 1 is 1.45 bits per heavy atom. The summed E-state index contributed by atoms with van der Waals surface area (Å²) in [5, 5.41) is 13.0. The van der Waals surface area contributed by atoms with Gasteiger partial charge in [-0.25, -0.2) is 0 Å². The Labute approximate surface area is 119 Å². The number of hydrogen-bond acceptors (Lipinski definition) is 4. The SMILES string of the molecule is CC1C(=O)NCCN1CC(O)C(N)Cc1ccccc1. The summed E-state index contributed by atoms with van der Waals surface area (Å²) in [5.41, 5.74) is 7.18. The molecule has 3 atom stereocenters. The first-order valence-corrected chi connectivity index (χ1v) is 7.07. The first-order chi connectivity index (χ1) is 9.58. The van der Waals surface area contributed by atoms with E-state index in [9.17, 15) is 9.90 Å². The van der Waals surface area contributed by atoms with E-state index in [1.807, 2.05) is 42.2 Å². The van der Waals surface area contributed by atoms with Gasteiger partial charge >= 0.3 is 0 Å². The Balaban J connectivity index is 1.87. The van der Waals surface area contributed by atoms with Crippen molar-refractivity contribution in [1.82, 2.24) is 10.2 Å². The molecule has 0 aliphatic carbocycles. The van der Waals surface area contributed by atoms with Crippen LogP contribution in [-0.2, 0) is 11.2 Å². The lowest BCUT2D eigenvalue weighted by Gasteiger charge is -2.35. The summed E-state index contributed by atoms with van der Waals surface area (Å²) >= 11 is 0. The largest absolute Gasteiger partial charge is 0.390 e. The fourth-order valence-electron chi connectivity index (χ4n) is 2.48. The van der Waals surface area contributed by atoms with E-state index in [1.54, 1.807) is 0 Å². The fraction of sp³-hybridized carbons (Fsp3) is 0.533. The molecule has 0 radical (unpaired) electrons. The van der Waals surface area contributed by atoms with E-state index < -0.39 is 6.10 Å². The highest BCUT2D eigenvalue weighted by atomic mass is 16.3. The topological polar surface area (TPSA) is 78.6 Å². The van der Waals surface area contributed by atoms with Crippen molar-refractivity contribution >= 4 is 5.91 Å². The number of piperazine rings is 1. The van der Waals surface area contributed by atoms with Gasteiger partial charge in [0.15, 0.2) is 0 Å². The average Bonchev–Trinajstić information content (AvgIpc) is 2.45. The minimum atomic E-state index is -0.636. The summed E-state index contributed by atoms with van der Waals surface area (Å²) in [5.74, 6) is 0.0140. The molecule has 1 aromatic rings. The van der Waals surface area contributed by atoms with Gasteiger partial charge in [-0.1, -0.05) is 30.3 Å². The zero-order chi connectivity index (χ0) is 14.5. The second-order valence-corrected chi connectivity index (χ2v) is 5.38. The molecule has 3 unspecified atom stereocenters. The van der Waals surface area contributed by atoms with E-state index in [1.165, 1.54) is 0 Å². The zero-order valence-corrected chi connectivity index (χ0v) is 11.8. The van der Waals surface area contributed by atoms with E-state index in [0.717, 1.165) is 12.1 Å². The number of aliphatic hydroxyl groups excluding tert-OH is 1. The second kappa shape index (κ2) is 6.83. The monoisotopic (exact) mass is 277 g/mol. The number of nitrogens with zero attached hydrogens (tertiary/aromatic N) is 1. The van der Waals surface area contributed by atoms with Crippen molar-refractivity contribution in [2.24, 2.45) is 5.73 Å². The fourth-order valence-corrected chi connectivity index (χ4v) is 2.48. The van der Waals surface area contributed by atoms with Crippen molar-refractivity contribution in [2.75, 3.05) is 19.6 Å². The Kier molecular flexibility index (Phi) is 5.11. The molecule has 1 amide bonds. The third-order valence-electron chi connectivity index (χ3n) is 3.86. The van der Waals surface area contributed by atoms with Crippen LogP contribution in [0.25, 0.3) is 0 Å². The van der Waals surface area contributed by atoms with Crippen molar-refractivity contribution < 1.29 is 9.90 Å². The quantitative estimate of drug-likeness (QED) is 0.693. The van der Waals surface area contributed by atoms with Crippen LogP contribution in [0.3, 0.4) is 0 Å². The van der Waals surface area contributed by atoms with Crippen LogP contribution < -0.4 is 11.1 Å². The number of benzene rings is 1. The summed E-state index contributed by atoms with van der Waals surface area (Å²) in [7, 11) is 0. The molecular formula is C15H23N3O2. The molecule has 1 aliphatic rings. The number of hydrogen-bond donors (Lipinski definition) is 3. The molecule has 1 fully saturated rings. The zero-order valence-electron chi connectivity index (χ0n) is 11.8. The first kappa shape index (κ1) is 15.0. The molecule has 4 N–H and O–H groups in total. The van der Waals surface area contributed by atoms with Crippen LogP contribution in [0.2, 0.25) is 0 Å². The number of β-amino-alcohol motifs (C(OH)–C–C–N with tert-alkyl or cyclic N) is 1. The van der Waals surface area contributed by atoms with E-state index in [2.05, 4.69) is 5.32 Å². The van der Waals surface area contributed by atoms with Crippen molar-refractivity contribution in [3.05, 3.63) is 35.9 Å². The van der Waals surface area contributed by atoms with E-state index in [0.29, 0.717) is 19.5 Å². The average molecular weight is 277 g/mol. The Bertz CT molecular complexity index is 438. The highest BCUT2D eigenvalue weighted by Gasteiger charge is 2.28. The maximum absolute atomic E-state index is 11.6. The van der Waals surface area contributed by atoms with Gasteiger partial charge < -0.3 is 16.2 Å². The van der Waals surface area contributed by atoms with Crippen LogP contribution in [-0.4, -0.2) is 53.7 Å². The maximum Gasteiger partial charge on any atom is 0.237 e. The molecule has 0 aromatic heterocycles. The van der Waals surface area contributed by atoms with Crippen molar-refractivity contribution in [2.45, 2.75) is 31.5 Å². The Morgan fingerprint density at radius 3 is 2.85 bits per heavy atom. The molecule has 1 heterocycles. The summed E-state index contributed by atoms with van der Waals surface area (Å²) < 4.78 is 0. The molecule has 0 saturated carbocycles. The summed E-state index contributed by atoms with van der Waals surface area (Å²) in [6, 6.07) is 9.36. The number of carbonyl (C=O) groups is 1. The number of amides is 1. The van der Waals surface area contributed by atoms with Gasteiger partial charge in [-0.3, -0.25) is 9.69 Å². The standard InChI is InChI=1S/C15H23N3O2/c1-11-15(20)17-7-8-18(11)10-14(19)13(16)9-12-5-3-2-4-6-12/h2-6,11,13-14,19H,7-10,16H2,1H3,(H,17,20). The number of nitrogens with two attached hydrogens (primary N) is 1. The van der Waals surface area contributed by atoms with Crippen LogP contribution in [0.1, 0.15) is 12.5 Å². The van der Waals surface area contributed by atoms with Crippen LogP contribution in [0.15, 0.2) is 30.3 Å². The molecule has 5 heteroatoms. The van der Waals surface area contributed by atoms with Gasteiger partial charge in [0.1, 0.15) is 0 Å². The number of nitrogens with one attached hydrogen (secondary N) is 1. The maximum atomic E-state index is 11.6. The lowest BCUT2D eigenvalue weighted by molar-refractivity contribution is -0.129. The molecular weight excluding hydrogens is 254 g/mol. The van der Waals surface area contributed by atoms with Gasteiger partial charge in [-0.15, -0.1) is 0 Å². The molecule has 110 valence electrons. The molecule has 5 nitrogen and oxygen atoms in total. The van der Waals surface area contributed by atoms with Crippen molar-refractivity contribution in [3.63, 3.8) is 0 Å². The molecule has 2 rings (SSSR count). The van der Waals surface area contributed by atoms with Crippen LogP contribution in [0.5, 0.6) is 0 Å². The highest BCUT2D eigenvalue weighted by molar-refractivity contribution is 5.81. The summed E-state index contributed by atoms with van der Waals surface area (Å²) in [6.45, 7) is 3.67. The van der Waals surface area contributed by atoms with Crippen LogP contribution in [0, 0.1) is 0 Å². The Morgan fingerprint density at radius 2 is 2.15 bits per heavy atom. The third kappa shape index (κ3) is 3.79. The van der Waals surface area contributed by atoms with Gasteiger partial charge in [0.25, 0.3) is 0 Å². The normalized spacial score (nSPS) is 23.1. The molecule has 1 aliphatic heterocycles. The number of carbonyl (C=O) groups excluding carboxylic acids is 1. The molecule has 20 heavy (non-hydrogen) atoms. The smallest absolute Gasteiger partial charge is 0.237 e. The second-order valence-electron chi connectivity index (χ2n) is 5.38. The minimum absolute atomic E-state index is 0.0140. The van der Waals surface area contributed by atoms with Crippen LogP contribution in [0.4, 0.5) is 0 Å². The first-order valence-electron chi connectivity index (χ1n) is 7.07. The van der Waals surface area contributed by atoms with Crippen LogP contribution >= 0.6 is 0 Å². The van der Waals surface area contributed by atoms with Gasteiger partial charge in [0.2, 0.25) is 5.91 Å². The molecule has 1 aromatic carbocycles. The minimum Gasteiger partial charge on any atom is -0.390 e. The highest BCUT2D eigenvalue weighted by Crippen LogP contribution is 2.09.